The van der Waals surface area contributed by atoms with Crippen molar-refractivity contribution in [1.82, 2.24) is 20.4 Å². The Morgan fingerprint density at radius 3 is 2.63 bits per heavy atom. The Hall–Kier alpha value is -3.33. The largest absolute Gasteiger partial charge is 0.451 e. The average molecular weight is 427 g/mol. The van der Waals surface area contributed by atoms with E-state index < -0.39 is 5.97 Å². The monoisotopic (exact) mass is 426 g/mol. The zero-order chi connectivity index (χ0) is 18.8. The molecule has 0 unspecified atom stereocenters. The molecule has 0 saturated carbocycles. The van der Waals surface area contributed by atoms with E-state index in [1.807, 2.05) is 24.3 Å². The van der Waals surface area contributed by atoms with E-state index >= 15 is 0 Å². The van der Waals surface area contributed by atoms with Gasteiger partial charge in [0.05, 0.1) is 10.9 Å². The molecule has 0 atom stereocenters. The van der Waals surface area contributed by atoms with Crippen molar-refractivity contribution in [3.05, 3.63) is 74.9 Å². The van der Waals surface area contributed by atoms with Crippen molar-refractivity contribution in [1.29, 1.82) is 0 Å². The molecule has 0 aliphatic heterocycles. The zero-order valence-electron chi connectivity index (χ0n) is 13.7. The van der Waals surface area contributed by atoms with E-state index in [-0.39, 0.29) is 23.8 Å². The number of H-pyrrole nitrogens is 1. The third-order valence-electron chi connectivity index (χ3n) is 3.79. The van der Waals surface area contributed by atoms with E-state index in [1.165, 1.54) is 0 Å². The molecule has 2 heterocycles. The van der Waals surface area contributed by atoms with Crippen molar-refractivity contribution in [3.63, 3.8) is 0 Å². The molecule has 2 aromatic carbocycles. The molecule has 0 saturated heterocycles. The molecule has 0 aliphatic rings. The first kappa shape index (κ1) is 17.1. The van der Waals surface area contributed by atoms with Gasteiger partial charge >= 0.3 is 5.97 Å². The van der Waals surface area contributed by atoms with Gasteiger partial charge < -0.3 is 9.15 Å². The van der Waals surface area contributed by atoms with Crippen LogP contribution in [-0.2, 0) is 11.3 Å². The number of rotatable bonds is 4. The first-order chi connectivity index (χ1) is 13.1. The lowest BCUT2D eigenvalue weighted by Gasteiger charge is -2.04. The van der Waals surface area contributed by atoms with Gasteiger partial charge in [-0.2, -0.15) is 5.10 Å². The van der Waals surface area contributed by atoms with Crippen LogP contribution < -0.4 is 5.56 Å². The Morgan fingerprint density at radius 1 is 1.07 bits per heavy atom. The van der Waals surface area contributed by atoms with Gasteiger partial charge in [-0.3, -0.25) is 4.79 Å². The lowest BCUT2D eigenvalue weighted by Crippen LogP contribution is -2.16. The van der Waals surface area contributed by atoms with Gasteiger partial charge in [-0.25, -0.2) is 9.89 Å². The molecule has 0 spiro atoms. The van der Waals surface area contributed by atoms with Crippen LogP contribution in [0.25, 0.3) is 22.2 Å². The second-order valence-corrected chi connectivity index (χ2v) is 6.36. The van der Waals surface area contributed by atoms with Crippen LogP contribution in [0.5, 0.6) is 0 Å². The molecule has 134 valence electrons. The Morgan fingerprint density at radius 2 is 1.81 bits per heavy atom. The number of ether oxygens (including phenoxy) is 1. The quantitative estimate of drug-likeness (QED) is 0.499. The molecule has 27 heavy (non-hydrogen) atoms. The Kier molecular flexibility index (Phi) is 4.51. The molecule has 0 bridgehead atoms. The lowest BCUT2D eigenvalue weighted by atomic mass is 10.1. The van der Waals surface area contributed by atoms with Crippen LogP contribution in [0.3, 0.4) is 0 Å². The fraction of sp³-hybridized carbons (Fsp3) is 0.0556. The van der Waals surface area contributed by atoms with Gasteiger partial charge in [0.15, 0.2) is 12.3 Å². The number of carbonyl (C=O) groups excluding carboxylic acids is 1. The van der Waals surface area contributed by atoms with Crippen LogP contribution in [0.1, 0.15) is 16.4 Å². The maximum Gasteiger partial charge on any atom is 0.359 e. The highest BCUT2D eigenvalue weighted by Gasteiger charge is 2.17. The summed E-state index contributed by atoms with van der Waals surface area (Å²) >= 11 is 3.41. The van der Waals surface area contributed by atoms with E-state index in [0.29, 0.717) is 16.7 Å². The molecule has 0 aliphatic carbocycles. The molecular formula is C18H11BrN4O4. The normalized spacial score (nSPS) is 10.9. The fourth-order valence-electron chi connectivity index (χ4n) is 2.52. The lowest BCUT2D eigenvalue weighted by molar-refractivity contribution is 0.0433. The molecule has 0 amide bonds. The third-order valence-corrected chi connectivity index (χ3v) is 4.48. The average Bonchev–Trinajstić information content (AvgIpc) is 3.16. The number of aromatic nitrogens is 4. The number of fused-ring (bicyclic) bond motifs is 1. The summed E-state index contributed by atoms with van der Waals surface area (Å²) in [6.07, 6.45) is 0. The highest BCUT2D eigenvalue weighted by molar-refractivity contribution is 9.10. The summed E-state index contributed by atoms with van der Waals surface area (Å²) in [6.45, 7) is -0.217. The zero-order valence-corrected chi connectivity index (χ0v) is 15.3. The minimum absolute atomic E-state index is 0.00995. The molecule has 0 fully saturated rings. The molecule has 2 aromatic heterocycles. The van der Waals surface area contributed by atoms with Crippen LogP contribution in [0.2, 0.25) is 0 Å². The van der Waals surface area contributed by atoms with Crippen molar-refractivity contribution >= 4 is 32.7 Å². The van der Waals surface area contributed by atoms with E-state index in [0.717, 1.165) is 10.0 Å². The highest BCUT2D eigenvalue weighted by atomic mass is 79.9. The van der Waals surface area contributed by atoms with E-state index in [1.54, 1.807) is 24.3 Å². The maximum atomic E-state index is 12.4. The summed E-state index contributed by atoms with van der Waals surface area (Å²) in [4.78, 5) is 24.2. The predicted octanol–water partition coefficient (Wildman–Crippen LogP) is 3.09. The van der Waals surface area contributed by atoms with E-state index in [9.17, 15) is 9.59 Å². The molecule has 4 aromatic rings. The topological polar surface area (TPSA) is 111 Å². The van der Waals surface area contributed by atoms with Crippen molar-refractivity contribution < 1.29 is 13.9 Å². The van der Waals surface area contributed by atoms with Crippen LogP contribution in [-0.4, -0.2) is 26.4 Å². The summed E-state index contributed by atoms with van der Waals surface area (Å²) in [7, 11) is 0. The van der Waals surface area contributed by atoms with Gasteiger partial charge in [-0.1, -0.05) is 30.3 Å². The molecule has 0 radical (unpaired) electrons. The predicted molar refractivity (Wildman–Crippen MR) is 98.9 cm³/mol. The van der Waals surface area contributed by atoms with Crippen molar-refractivity contribution in [3.8, 4) is 11.5 Å². The highest BCUT2D eigenvalue weighted by Crippen LogP contribution is 2.26. The smallest absolute Gasteiger partial charge is 0.359 e. The van der Waals surface area contributed by atoms with Crippen molar-refractivity contribution in [2.75, 3.05) is 0 Å². The summed E-state index contributed by atoms with van der Waals surface area (Å²) in [5, 5.41) is 14.7. The van der Waals surface area contributed by atoms with Gasteiger partial charge in [0, 0.05) is 9.86 Å². The number of hydrogen-bond donors (Lipinski definition) is 1. The third kappa shape index (κ3) is 3.36. The SMILES string of the molecule is O=C(OCc1nnc(-c2ccccc2Br)o1)c1n[nH]c(=O)c2ccccc12. The van der Waals surface area contributed by atoms with Crippen molar-refractivity contribution in [2.45, 2.75) is 6.61 Å². The van der Waals surface area contributed by atoms with Crippen LogP contribution in [0, 0.1) is 0 Å². The molecule has 4 rings (SSSR count). The van der Waals surface area contributed by atoms with Gasteiger partial charge in [-0.05, 0) is 34.1 Å². The molecular weight excluding hydrogens is 416 g/mol. The van der Waals surface area contributed by atoms with Crippen LogP contribution >= 0.6 is 15.9 Å². The van der Waals surface area contributed by atoms with Gasteiger partial charge in [-0.15, -0.1) is 10.2 Å². The maximum absolute atomic E-state index is 12.4. The summed E-state index contributed by atoms with van der Waals surface area (Å²) in [5.74, 6) is -0.257. The fourth-order valence-corrected chi connectivity index (χ4v) is 2.98. The second kappa shape index (κ2) is 7.12. The van der Waals surface area contributed by atoms with Crippen LogP contribution in [0.4, 0.5) is 0 Å². The number of hydrogen-bond acceptors (Lipinski definition) is 7. The number of carbonyl (C=O) groups is 1. The summed E-state index contributed by atoms with van der Waals surface area (Å²) in [6, 6.07) is 14.0. The number of benzene rings is 2. The molecule has 1 N–H and O–H groups in total. The Bertz CT molecular complexity index is 1200. The van der Waals surface area contributed by atoms with Gasteiger partial charge in [0.2, 0.25) is 5.89 Å². The number of nitrogens with zero attached hydrogens (tertiary/aromatic N) is 3. The first-order valence-electron chi connectivity index (χ1n) is 7.85. The number of halogens is 1. The Balaban J connectivity index is 1.53. The molecule has 9 heteroatoms. The van der Waals surface area contributed by atoms with Crippen LogP contribution in [0.15, 0.2) is 62.2 Å². The molecule has 8 nitrogen and oxygen atoms in total. The minimum Gasteiger partial charge on any atom is -0.451 e. The van der Waals surface area contributed by atoms with Gasteiger partial charge in [0.25, 0.3) is 11.4 Å². The first-order valence-corrected chi connectivity index (χ1v) is 8.64. The Labute approximate surface area is 160 Å². The number of esters is 1. The minimum atomic E-state index is -0.705. The van der Waals surface area contributed by atoms with Crippen molar-refractivity contribution in [2.24, 2.45) is 0 Å². The summed E-state index contributed by atoms with van der Waals surface area (Å²) in [5.41, 5.74) is 0.365. The summed E-state index contributed by atoms with van der Waals surface area (Å²) < 4.78 is 11.6. The van der Waals surface area contributed by atoms with Gasteiger partial charge in [0.1, 0.15) is 0 Å². The standard InChI is InChI=1S/C18H11BrN4O4/c19-13-8-4-3-7-12(13)17-23-20-14(27-17)9-26-18(25)15-10-5-1-2-6-11(10)16(24)22-21-15/h1-8H,9H2,(H,22,24). The number of aromatic amines is 1. The second-order valence-electron chi connectivity index (χ2n) is 5.50. The number of nitrogens with one attached hydrogen (secondary N) is 1. The van der Waals surface area contributed by atoms with E-state index in [4.69, 9.17) is 9.15 Å². The van der Waals surface area contributed by atoms with E-state index in [2.05, 4.69) is 36.3 Å².